The Balaban J connectivity index is 2.10. The Hall–Kier alpha value is -1.26. The average molecular weight is 291 g/mol. The van der Waals surface area contributed by atoms with E-state index < -0.39 is 0 Å². The van der Waals surface area contributed by atoms with E-state index in [-0.39, 0.29) is 17.6 Å². The number of piperidine rings is 1. The summed E-state index contributed by atoms with van der Waals surface area (Å²) in [5.74, 6) is 1.53. The number of hydrogen-bond acceptors (Lipinski definition) is 4. The second kappa shape index (κ2) is 5.50. The van der Waals surface area contributed by atoms with Crippen LogP contribution in [-0.4, -0.2) is 50.0 Å². The number of para-hydroxylation sites is 1. The van der Waals surface area contributed by atoms with Crippen molar-refractivity contribution in [3.63, 3.8) is 0 Å². The molecule has 21 heavy (non-hydrogen) atoms. The molecule has 1 aliphatic heterocycles. The number of methoxy groups -OCH3 is 2. The normalized spacial score (nSPS) is 32.8. The lowest BCUT2D eigenvalue weighted by atomic mass is 9.61. The van der Waals surface area contributed by atoms with Gasteiger partial charge in [-0.2, -0.15) is 0 Å². The Bertz CT molecular complexity index is 519. The third-order valence-electron chi connectivity index (χ3n) is 5.47. The van der Waals surface area contributed by atoms with Gasteiger partial charge in [0.25, 0.3) is 0 Å². The predicted octanol–water partition coefficient (Wildman–Crippen LogP) is 2.19. The summed E-state index contributed by atoms with van der Waals surface area (Å²) >= 11 is 0. The number of nitrogens with zero attached hydrogens (tertiary/aromatic N) is 1. The molecule has 1 heterocycles. The van der Waals surface area contributed by atoms with Crippen LogP contribution in [0, 0.1) is 0 Å². The summed E-state index contributed by atoms with van der Waals surface area (Å²) in [4.78, 5) is 2.30. The number of hydrogen-bond donors (Lipinski definition) is 1. The molecule has 1 aromatic carbocycles. The zero-order valence-electron chi connectivity index (χ0n) is 13.1. The predicted molar refractivity (Wildman–Crippen MR) is 82.1 cm³/mol. The van der Waals surface area contributed by atoms with Crippen LogP contribution in [0.1, 0.15) is 31.2 Å². The molecule has 1 saturated carbocycles. The summed E-state index contributed by atoms with van der Waals surface area (Å²) in [5, 5.41) is 11.0. The van der Waals surface area contributed by atoms with Crippen LogP contribution in [0.3, 0.4) is 0 Å². The first-order valence-electron chi connectivity index (χ1n) is 7.74. The van der Waals surface area contributed by atoms with Crippen LogP contribution in [0.15, 0.2) is 18.2 Å². The van der Waals surface area contributed by atoms with Crippen molar-refractivity contribution in [3.8, 4) is 11.5 Å². The SMILES string of the molecule is COc1cccc([C@]23CCC[C@H]([C@@H]2O)N(C)CC3)c1OC. The molecular formula is C17H25NO3. The van der Waals surface area contributed by atoms with Crippen LogP contribution >= 0.6 is 0 Å². The molecular weight excluding hydrogens is 266 g/mol. The molecule has 0 aromatic heterocycles. The first-order valence-corrected chi connectivity index (χ1v) is 7.74. The zero-order chi connectivity index (χ0) is 15.0. The number of aliphatic hydroxyl groups is 1. The number of fused-ring (bicyclic) bond motifs is 2. The molecule has 3 rings (SSSR count). The summed E-state index contributed by atoms with van der Waals surface area (Å²) in [6.07, 6.45) is 3.86. The van der Waals surface area contributed by atoms with Gasteiger partial charge < -0.3 is 19.5 Å². The maximum absolute atomic E-state index is 11.0. The van der Waals surface area contributed by atoms with Crippen molar-refractivity contribution in [2.45, 2.75) is 43.2 Å². The lowest BCUT2D eigenvalue weighted by Gasteiger charge is -2.53. The fraction of sp³-hybridized carbons (Fsp3) is 0.647. The van der Waals surface area contributed by atoms with Gasteiger partial charge in [0.15, 0.2) is 11.5 Å². The van der Waals surface area contributed by atoms with Gasteiger partial charge in [-0.3, -0.25) is 0 Å². The molecule has 2 aliphatic rings. The van der Waals surface area contributed by atoms with Gasteiger partial charge >= 0.3 is 0 Å². The molecule has 0 radical (unpaired) electrons. The Kier molecular flexibility index (Phi) is 3.84. The van der Waals surface area contributed by atoms with Crippen LogP contribution in [0.25, 0.3) is 0 Å². The van der Waals surface area contributed by atoms with Crippen LogP contribution in [0.5, 0.6) is 11.5 Å². The Morgan fingerprint density at radius 1 is 1.24 bits per heavy atom. The molecule has 1 N–H and O–H groups in total. The summed E-state index contributed by atoms with van der Waals surface area (Å²) in [7, 11) is 5.46. The van der Waals surface area contributed by atoms with Crippen molar-refractivity contribution in [1.29, 1.82) is 0 Å². The molecule has 3 atom stereocenters. The lowest BCUT2D eigenvalue weighted by molar-refractivity contribution is -0.0680. The first-order chi connectivity index (χ1) is 10.1. The minimum Gasteiger partial charge on any atom is -0.493 e. The summed E-state index contributed by atoms with van der Waals surface area (Å²) in [6.45, 7) is 1.02. The molecule has 4 nitrogen and oxygen atoms in total. The molecule has 0 spiro atoms. The molecule has 1 aliphatic carbocycles. The molecule has 1 saturated heterocycles. The average Bonchev–Trinajstić information content (AvgIpc) is 2.51. The van der Waals surface area contributed by atoms with Gasteiger partial charge in [-0.05, 0) is 38.9 Å². The molecule has 2 fully saturated rings. The van der Waals surface area contributed by atoms with Gasteiger partial charge in [-0.25, -0.2) is 0 Å². The minimum atomic E-state index is -0.342. The van der Waals surface area contributed by atoms with Gasteiger partial charge in [0.2, 0.25) is 0 Å². The molecule has 1 aromatic rings. The summed E-state index contributed by atoms with van der Waals surface area (Å²) in [6, 6.07) is 6.27. The molecule has 4 heteroatoms. The Labute approximate surface area is 126 Å². The maximum Gasteiger partial charge on any atom is 0.164 e. The van der Waals surface area contributed by atoms with Crippen LogP contribution in [0.4, 0.5) is 0 Å². The Morgan fingerprint density at radius 2 is 2.05 bits per heavy atom. The van der Waals surface area contributed by atoms with Gasteiger partial charge in [0.05, 0.1) is 20.3 Å². The van der Waals surface area contributed by atoms with E-state index in [4.69, 9.17) is 9.47 Å². The van der Waals surface area contributed by atoms with Gasteiger partial charge in [0.1, 0.15) is 0 Å². The van der Waals surface area contributed by atoms with E-state index in [2.05, 4.69) is 18.0 Å². The number of aliphatic hydroxyl groups excluding tert-OH is 1. The molecule has 2 bridgehead atoms. The van der Waals surface area contributed by atoms with E-state index in [1.807, 2.05) is 12.1 Å². The van der Waals surface area contributed by atoms with E-state index >= 15 is 0 Å². The zero-order valence-corrected chi connectivity index (χ0v) is 13.1. The van der Waals surface area contributed by atoms with Crippen molar-refractivity contribution < 1.29 is 14.6 Å². The first kappa shape index (κ1) is 14.7. The second-order valence-electron chi connectivity index (χ2n) is 6.33. The van der Waals surface area contributed by atoms with Crippen molar-refractivity contribution in [3.05, 3.63) is 23.8 Å². The Morgan fingerprint density at radius 3 is 2.76 bits per heavy atom. The molecule has 0 unspecified atom stereocenters. The number of rotatable bonds is 3. The third-order valence-corrected chi connectivity index (χ3v) is 5.47. The van der Waals surface area contributed by atoms with Gasteiger partial charge in [0, 0.05) is 17.0 Å². The third kappa shape index (κ3) is 2.12. The minimum absolute atomic E-state index is 0.199. The highest BCUT2D eigenvalue weighted by molar-refractivity contribution is 5.51. The number of ether oxygens (including phenoxy) is 2. The molecule has 0 amide bonds. The van der Waals surface area contributed by atoms with Crippen molar-refractivity contribution >= 4 is 0 Å². The van der Waals surface area contributed by atoms with E-state index in [1.54, 1.807) is 14.2 Å². The van der Waals surface area contributed by atoms with Gasteiger partial charge in [-0.15, -0.1) is 0 Å². The number of likely N-dealkylation sites (tertiary alicyclic amines) is 1. The standard InChI is InChI=1S/C17H25NO3/c1-18-11-10-17(9-5-7-13(18)16(17)19)12-6-4-8-14(20-2)15(12)21-3/h4,6,8,13,16,19H,5,7,9-11H2,1-3H3/t13-,16+,17-/m1/s1. The van der Waals surface area contributed by atoms with E-state index in [0.29, 0.717) is 0 Å². The van der Waals surface area contributed by atoms with E-state index in [0.717, 1.165) is 49.3 Å². The fourth-order valence-corrected chi connectivity index (χ4v) is 4.28. The van der Waals surface area contributed by atoms with Crippen LogP contribution in [0.2, 0.25) is 0 Å². The highest BCUT2D eigenvalue weighted by Gasteiger charge is 2.51. The van der Waals surface area contributed by atoms with Crippen molar-refractivity contribution in [2.75, 3.05) is 27.8 Å². The number of benzene rings is 1. The van der Waals surface area contributed by atoms with Crippen molar-refractivity contribution in [2.24, 2.45) is 0 Å². The topological polar surface area (TPSA) is 41.9 Å². The second-order valence-corrected chi connectivity index (χ2v) is 6.33. The smallest absolute Gasteiger partial charge is 0.164 e. The van der Waals surface area contributed by atoms with Crippen LogP contribution < -0.4 is 9.47 Å². The number of likely N-dealkylation sites (N-methyl/N-ethyl adjacent to an activating group) is 1. The fourth-order valence-electron chi connectivity index (χ4n) is 4.28. The van der Waals surface area contributed by atoms with E-state index in [9.17, 15) is 5.11 Å². The molecule has 116 valence electrons. The van der Waals surface area contributed by atoms with Crippen molar-refractivity contribution in [1.82, 2.24) is 4.90 Å². The lowest BCUT2D eigenvalue weighted by Crippen LogP contribution is -2.61. The quantitative estimate of drug-likeness (QED) is 0.927. The van der Waals surface area contributed by atoms with E-state index in [1.165, 1.54) is 0 Å². The van der Waals surface area contributed by atoms with Crippen LogP contribution in [-0.2, 0) is 5.41 Å². The largest absolute Gasteiger partial charge is 0.493 e. The highest BCUT2D eigenvalue weighted by atomic mass is 16.5. The summed E-state index contributed by atoms with van der Waals surface area (Å²) in [5.41, 5.74) is 0.907. The summed E-state index contributed by atoms with van der Waals surface area (Å²) < 4.78 is 11.1. The van der Waals surface area contributed by atoms with Gasteiger partial charge in [-0.1, -0.05) is 18.6 Å². The highest BCUT2D eigenvalue weighted by Crippen LogP contribution is 2.51. The maximum atomic E-state index is 11.0. The monoisotopic (exact) mass is 291 g/mol.